The molecule has 0 radical (unpaired) electrons. The third-order valence-electron chi connectivity index (χ3n) is 2.64. The maximum absolute atomic E-state index is 13.6. The molecular formula is C12H16FNO4S. The molecule has 1 aromatic rings. The summed E-state index contributed by atoms with van der Waals surface area (Å²) in [6.45, 7) is 1.70. The van der Waals surface area contributed by atoms with Gasteiger partial charge in [0.15, 0.2) is 0 Å². The summed E-state index contributed by atoms with van der Waals surface area (Å²) in [6.07, 6.45) is 0.0503. The van der Waals surface area contributed by atoms with Crippen LogP contribution in [-0.2, 0) is 14.8 Å². The van der Waals surface area contributed by atoms with E-state index in [1.54, 1.807) is 6.92 Å². The van der Waals surface area contributed by atoms with E-state index in [0.717, 1.165) is 10.4 Å². The molecule has 0 aliphatic carbocycles. The van der Waals surface area contributed by atoms with Gasteiger partial charge in [0.25, 0.3) is 0 Å². The fraction of sp³-hybridized carbons (Fsp3) is 0.417. The van der Waals surface area contributed by atoms with Crippen LogP contribution in [0.3, 0.4) is 0 Å². The molecule has 0 unspecified atom stereocenters. The standard InChI is InChI=1S/C12H16FNO4S/c1-9-5-6-10(13)11(8-9)19(17,18)14(2)7-3-4-12(15)16/h5-6,8H,3-4,7H2,1-2H3,(H,15,16). The molecule has 0 aliphatic heterocycles. The lowest BCUT2D eigenvalue weighted by Crippen LogP contribution is -2.29. The van der Waals surface area contributed by atoms with Gasteiger partial charge in [0.1, 0.15) is 10.7 Å². The Morgan fingerprint density at radius 1 is 1.42 bits per heavy atom. The second-order valence-corrected chi connectivity index (χ2v) is 6.27. The zero-order chi connectivity index (χ0) is 14.6. The molecule has 7 heteroatoms. The maximum Gasteiger partial charge on any atom is 0.303 e. The zero-order valence-corrected chi connectivity index (χ0v) is 11.6. The number of hydrogen-bond donors (Lipinski definition) is 1. The molecule has 0 fully saturated rings. The first-order valence-electron chi connectivity index (χ1n) is 5.69. The van der Waals surface area contributed by atoms with Crippen molar-refractivity contribution in [2.24, 2.45) is 0 Å². The molecule has 0 bridgehead atoms. The zero-order valence-electron chi connectivity index (χ0n) is 10.8. The molecule has 1 aromatic carbocycles. The number of aryl methyl sites for hydroxylation is 1. The van der Waals surface area contributed by atoms with Crippen molar-refractivity contribution in [1.29, 1.82) is 0 Å². The van der Waals surface area contributed by atoms with Crippen LogP contribution in [0.4, 0.5) is 4.39 Å². The lowest BCUT2D eigenvalue weighted by atomic mass is 10.2. The van der Waals surface area contributed by atoms with Crippen LogP contribution in [-0.4, -0.2) is 37.4 Å². The molecule has 1 N–H and O–H groups in total. The summed E-state index contributed by atoms with van der Waals surface area (Å²) in [5.41, 5.74) is 0.638. The number of carboxylic acids is 1. The lowest BCUT2D eigenvalue weighted by Gasteiger charge is -2.17. The van der Waals surface area contributed by atoms with Crippen molar-refractivity contribution in [3.05, 3.63) is 29.6 Å². The van der Waals surface area contributed by atoms with Crippen molar-refractivity contribution in [3.8, 4) is 0 Å². The van der Waals surface area contributed by atoms with E-state index < -0.39 is 21.8 Å². The molecule has 0 saturated carbocycles. The highest BCUT2D eigenvalue weighted by Crippen LogP contribution is 2.19. The predicted octanol–water partition coefficient (Wildman–Crippen LogP) is 1.62. The smallest absolute Gasteiger partial charge is 0.303 e. The molecule has 0 atom stereocenters. The van der Waals surface area contributed by atoms with Gasteiger partial charge in [-0.2, -0.15) is 0 Å². The molecule has 106 valence electrons. The van der Waals surface area contributed by atoms with E-state index in [2.05, 4.69) is 0 Å². The number of carboxylic acid groups (broad SMARTS) is 1. The molecular weight excluding hydrogens is 273 g/mol. The minimum Gasteiger partial charge on any atom is -0.481 e. The van der Waals surface area contributed by atoms with E-state index >= 15 is 0 Å². The molecule has 0 saturated heterocycles. The molecule has 0 aliphatic rings. The van der Waals surface area contributed by atoms with Crippen molar-refractivity contribution in [2.45, 2.75) is 24.7 Å². The van der Waals surface area contributed by atoms with Crippen LogP contribution in [0.5, 0.6) is 0 Å². The van der Waals surface area contributed by atoms with Crippen LogP contribution in [0, 0.1) is 12.7 Å². The first kappa shape index (κ1) is 15.6. The van der Waals surface area contributed by atoms with Crippen molar-refractivity contribution in [2.75, 3.05) is 13.6 Å². The lowest BCUT2D eigenvalue weighted by molar-refractivity contribution is -0.137. The number of aliphatic carboxylic acids is 1. The topological polar surface area (TPSA) is 74.7 Å². The maximum atomic E-state index is 13.6. The van der Waals surface area contributed by atoms with E-state index in [0.29, 0.717) is 5.56 Å². The highest BCUT2D eigenvalue weighted by atomic mass is 32.2. The largest absolute Gasteiger partial charge is 0.481 e. The SMILES string of the molecule is Cc1ccc(F)c(S(=O)(=O)N(C)CCCC(=O)O)c1. The normalized spacial score (nSPS) is 11.8. The predicted molar refractivity (Wildman–Crippen MR) is 67.8 cm³/mol. The first-order chi connectivity index (χ1) is 8.75. The van der Waals surface area contributed by atoms with Crippen LogP contribution in [0.2, 0.25) is 0 Å². The van der Waals surface area contributed by atoms with Crippen molar-refractivity contribution in [1.82, 2.24) is 4.31 Å². The van der Waals surface area contributed by atoms with Gasteiger partial charge in [-0.05, 0) is 31.0 Å². The van der Waals surface area contributed by atoms with Crippen LogP contribution in [0.15, 0.2) is 23.1 Å². The van der Waals surface area contributed by atoms with E-state index in [-0.39, 0.29) is 24.3 Å². The molecule has 0 aromatic heterocycles. The van der Waals surface area contributed by atoms with E-state index in [4.69, 9.17) is 5.11 Å². The summed E-state index contributed by atoms with van der Waals surface area (Å²) in [5.74, 6) is -1.80. The Morgan fingerprint density at radius 3 is 2.63 bits per heavy atom. The molecule has 0 heterocycles. The van der Waals surface area contributed by atoms with Crippen LogP contribution in [0.1, 0.15) is 18.4 Å². The van der Waals surface area contributed by atoms with E-state index in [1.165, 1.54) is 19.2 Å². The Morgan fingerprint density at radius 2 is 2.05 bits per heavy atom. The number of nitrogens with zero attached hydrogens (tertiary/aromatic N) is 1. The van der Waals surface area contributed by atoms with Crippen LogP contribution < -0.4 is 0 Å². The van der Waals surface area contributed by atoms with Crippen LogP contribution >= 0.6 is 0 Å². The molecule has 0 amide bonds. The van der Waals surface area contributed by atoms with Gasteiger partial charge in [-0.25, -0.2) is 17.1 Å². The van der Waals surface area contributed by atoms with Crippen molar-refractivity contribution in [3.63, 3.8) is 0 Å². The first-order valence-corrected chi connectivity index (χ1v) is 7.13. The number of sulfonamides is 1. The summed E-state index contributed by atoms with van der Waals surface area (Å²) in [5, 5.41) is 8.50. The van der Waals surface area contributed by atoms with Crippen LogP contribution in [0.25, 0.3) is 0 Å². The van der Waals surface area contributed by atoms with Gasteiger partial charge in [-0.1, -0.05) is 6.07 Å². The minimum atomic E-state index is -3.92. The molecule has 1 rings (SSSR count). The Bertz CT molecular complexity index is 571. The van der Waals surface area contributed by atoms with E-state index in [1.807, 2.05) is 0 Å². The average Bonchev–Trinajstić information content (AvgIpc) is 2.31. The monoisotopic (exact) mass is 289 g/mol. The average molecular weight is 289 g/mol. The second-order valence-electron chi connectivity index (χ2n) is 4.26. The Balaban J connectivity index is 2.90. The summed E-state index contributed by atoms with van der Waals surface area (Å²) in [6, 6.07) is 3.85. The number of halogens is 1. The summed E-state index contributed by atoms with van der Waals surface area (Å²) in [7, 11) is -2.62. The van der Waals surface area contributed by atoms with Gasteiger partial charge in [0.2, 0.25) is 10.0 Å². The number of benzene rings is 1. The molecule has 19 heavy (non-hydrogen) atoms. The Hall–Kier alpha value is -1.47. The minimum absolute atomic E-state index is 0.0298. The van der Waals surface area contributed by atoms with Gasteiger partial charge in [-0.3, -0.25) is 4.79 Å². The number of carbonyl (C=O) groups is 1. The fourth-order valence-electron chi connectivity index (χ4n) is 1.55. The number of hydrogen-bond acceptors (Lipinski definition) is 3. The van der Waals surface area contributed by atoms with Gasteiger partial charge in [0.05, 0.1) is 0 Å². The van der Waals surface area contributed by atoms with Gasteiger partial charge in [-0.15, -0.1) is 0 Å². The fourth-order valence-corrected chi connectivity index (χ4v) is 2.90. The third-order valence-corrected chi connectivity index (χ3v) is 4.51. The van der Waals surface area contributed by atoms with Gasteiger partial charge >= 0.3 is 5.97 Å². The summed E-state index contributed by atoms with van der Waals surface area (Å²) in [4.78, 5) is 9.99. The Labute approximate surface area is 111 Å². The van der Waals surface area contributed by atoms with Gasteiger partial charge in [0, 0.05) is 20.0 Å². The Kier molecular flexibility index (Phi) is 5.02. The van der Waals surface area contributed by atoms with Gasteiger partial charge < -0.3 is 5.11 Å². The summed E-state index contributed by atoms with van der Waals surface area (Å²) >= 11 is 0. The third kappa shape index (κ3) is 4.00. The summed E-state index contributed by atoms with van der Waals surface area (Å²) < 4.78 is 38.8. The second kappa shape index (κ2) is 6.12. The van der Waals surface area contributed by atoms with Crippen molar-refractivity contribution < 1.29 is 22.7 Å². The van der Waals surface area contributed by atoms with E-state index in [9.17, 15) is 17.6 Å². The highest BCUT2D eigenvalue weighted by molar-refractivity contribution is 7.89. The van der Waals surface area contributed by atoms with Crippen molar-refractivity contribution >= 4 is 16.0 Å². The number of rotatable bonds is 6. The highest BCUT2D eigenvalue weighted by Gasteiger charge is 2.24. The quantitative estimate of drug-likeness (QED) is 0.863. The molecule has 0 spiro atoms. The molecule has 5 nitrogen and oxygen atoms in total.